The van der Waals surface area contributed by atoms with E-state index in [0.717, 1.165) is 28.6 Å². The van der Waals surface area contributed by atoms with Gasteiger partial charge >= 0.3 is 0 Å². The molecule has 0 spiro atoms. The Balaban J connectivity index is 1.64. The van der Waals surface area contributed by atoms with Crippen LogP contribution < -0.4 is 4.72 Å². The van der Waals surface area contributed by atoms with Crippen molar-refractivity contribution in [3.05, 3.63) is 53.6 Å². The summed E-state index contributed by atoms with van der Waals surface area (Å²) in [6, 6.07) is 12.5. The number of fused-ring (bicyclic) bond motifs is 2. The lowest BCUT2D eigenvalue weighted by Crippen LogP contribution is -2.44. The Kier molecular flexibility index (Phi) is 4.28. The van der Waals surface area contributed by atoms with Crippen LogP contribution in [0.25, 0.3) is 11.0 Å². The molecule has 0 bridgehead atoms. The normalized spacial score (nSPS) is 20.5. The molecule has 0 amide bonds. The van der Waals surface area contributed by atoms with Crippen LogP contribution in [-0.2, 0) is 21.4 Å². The second kappa shape index (κ2) is 6.33. The summed E-state index contributed by atoms with van der Waals surface area (Å²) in [6.45, 7) is -0.0900. The van der Waals surface area contributed by atoms with Gasteiger partial charge in [0.2, 0.25) is 10.0 Å². The number of hydrogen-bond donors (Lipinski definition) is 2. The molecule has 2 N–H and O–H groups in total. The minimum atomic E-state index is -3.81. The first-order chi connectivity index (χ1) is 12.0. The quantitative estimate of drug-likeness (QED) is 0.705. The molecule has 25 heavy (non-hydrogen) atoms. The molecule has 3 aromatic rings. The molecule has 6 nitrogen and oxygen atoms in total. The molecule has 130 valence electrons. The third-order valence-corrected chi connectivity index (χ3v) is 7.38. The Morgan fingerprint density at radius 1 is 1.16 bits per heavy atom. The topological polar surface area (TPSA) is 92.2 Å². The van der Waals surface area contributed by atoms with E-state index in [9.17, 15) is 13.5 Å². The third kappa shape index (κ3) is 3.06. The van der Waals surface area contributed by atoms with E-state index in [-0.39, 0.29) is 11.4 Å². The Bertz CT molecular complexity index is 1040. The monoisotopic (exact) mass is 393 g/mol. The number of thioether (sulfide) groups is 1. The molecule has 1 aromatic heterocycles. The number of sulfonamides is 1. The van der Waals surface area contributed by atoms with Crippen molar-refractivity contribution >= 4 is 44.5 Å². The van der Waals surface area contributed by atoms with Crippen molar-refractivity contribution in [1.82, 2.24) is 13.5 Å². The van der Waals surface area contributed by atoms with E-state index in [2.05, 4.69) is 13.5 Å². The lowest BCUT2D eigenvalue weighted by Gasteiger charge is -2.34. The molecule has 1 aliphatic heterocycles. The Labute approximate surface area is 153 Å². The number of benzene rings is 2. The molecule has 0 fully saturated rings. The van der Waals surface area contributed by atoms with Crippen LogP contribution in [0.3, 0.4) is 0 Å². The van der Waals surface area contributed by atoms with Crippen LogP contribution >= 0.6 is 23.5 Å². The molecular formula is C16H15N3O3S3. The molecule has 0 radical (unpaired) electrons. The van der Waals surface area contributed by atoms with Gasteiger partial charge < -0.3 is 5.11 Å². The maximum Gasteiger partial charge on any atom is 0.242 e. The van der Waals surface area contributed by atoms with Gasteiger partial charge in [-0.1, -0.05) is 30.3 Å². The Hall–Kier alpha value is -1.52. The van der Waals surface area contributed by atoms with Gasteiger partial charge in [-0.2, -0.15) is 20.5 Å². The average molecular weight is 394 g/mol. The summed E-state index contributed by atoms with van der Waals surface area (Å²) in [6.07, 6.45) is 0. The van der Waals surface area contributed by atoms with Crippen LogP contribution in [-0.4, -0.2) is 34.6 Å². The first-order valence-electron chi connectivity index (χ1n) is 7.59. The van der Waals surface area contributed by atoms with Gasteiger partial charge in [0.1, 0.15) is 21.5 Å². The highest BCUT2D eigenvalue weighted by atomic mass is 32.2. The number of aliphatic hydroxyl groups is 1. The van der Waals surface area contributed by atoms with Crippen molar-refractivity contribution in [3.63, 3.8) is 0 Å². The number of nitrogens with one attached hydrogen (secondary N) is 1. The van der Waals surface area contributed by atoms with Crippen molar-refractivity contribution in [1.29, 1.82) is 0 Å². The van der Waals surface area contributed by atoms with E-state index < -0.39 is 15.6 Å². The van der Waals surface area contributed by atoms with Gasteiger partial charge in [0.05, 0.1) is 11.7 Å². The van der Waals surface area contributed by atoms with Crippen molar-refractivity contribution in [3.8, 4) is 0 Å². The van der Waals surface area contributed by atoms with E-state index >= 15 is 0 Å². The van der Waals surface area contributed by atoms with Crippen molar-refractivity contribution in [2.24, 2.45) is 0 Å². The minimum absolute atomic E-state index is 0.0825. The lowest BCUT2D eigenvalue weighted by molar-refractivity contribution is 0.0659. The van der Waals surface area contributed by atoms with Crippen LogP contribution in [0.1, 0.15) is 11.1 Å². The molecule has 0 saturated heterocycles. The summed E-state index contributed by atoms with van der Waals surface area (Å²) in [5.74, 6) is 1.25. The third-order valence-electron chi connectivity index (χ3n) is 4.21. The van der Waals surface area contributed by atoms with Gasteiger partial charge in [0.25, 0.3) is 0 Å². The van der Waals surface area contributed by atoms with E-state index in [0.29, 0.717) is 16.8 Å². The number of nitrogens with zero attached hydrogens (tertiary/aromatic N) is 2. The van der Waals surface area contributed by atoms with Gasteiger partial charge in [-0.15, -0.1) is 0 Å². The minimum Gasteiger partial charge on any atom is -0.383 e. The molecule has 0 aliphatic carbocycles. The molecule has 2 heterocycles. The largest absolute Gasteiger partial charge is 0.383 e. The summed E-state index contributed by atoms with van der Waals surface area (Å²) in [4.78, 5) is 0.0825. The highest BCUT2D eigenvalue weighted by molar-refractivity contribution is 7.98. The van der Waals surface area contributed by atoms with Gasteiger partial charge in [-0.05, 0) is 23.3 Å². The molecule has 0 saturated carbocycles. The molecule has 4 rings (SSSR count). The fourth-order valence-electron chi connectivity index (χ4n) is 2.94. The number of hydrogen-bond acceptors (Lipinski definition) is 7. The average Bonchev–Trinajstić information content (AvgIpc) is 3.09. The van der Waals surface area contributed by atoms with Crippen molar-refractivity contribution in [2.75, 3.05) is 12.3 Å². The summed E-state index contributed by atoms with van der Waals surface area (Å²) in [5, 5.41) is 11.0. The first kappa shape index (κ1) is 16.9. The smallest absolute Gasteiger partial charge is 0.242 e. The fourth-order valence-corrected chi connectivity index (χ4v) is 5.97. The molecule has 1 atom stereocenters. The Morgan fingerprint density at radius 3 is 2.88 bits per heavy atom. The van der Waals surface area contributed by atoms with Crippen LogP contribution in [0.4, 0.5) is 0 Å². The highest BCUT2D eigenvalue weighted by Gasteiger charge is 2.36. The summed E-state index contributed by atoms with van der Waals surface area (Å²) < 4.78 is 36.2. The maximum absolute atomic E-state index is 12.7. The summed E-state index contributed by atoms with van der Waals surface area (Å²) in [5.41, 5.74) is 1.48. The first-order valence-corrected chi connectivity index (χ1v) is 11.0. The van der Waals surface area contributed by atoms with Crippen molar-refractivity contribution in [2.45, 2.75) is 16.2 Å². The predicted molar refractivity (Wildman–Crippen MR) is 99.1 cm³/mol. The van der Waals surface area contributed by atoms with Gasteiger partial charge in [-0.25, -0.2) is 13.1 Å². The maximum atomic E-state index is 12.7. The van der Waals surface area contributed by atoms with E-state index in [4.69, 9.17) is 0 Å². The SMILES string of the molecule is O=S(=O)(NCC1(O)CSCc2ccccc21)c1cccc2nsnc12. The summed E-state index contributed by atoms with van der Waals surface area (Å²) in [7, 11) is -3.81. The van der Waals surface area contributed by atoms with Crippen LogP contribution in [0.15, 0.2) is 47.4 Å². The zero-order valence-corrected chi connectivity index (χ0v) is 15.5. The summed E-state index contributed by atoms with van der Waals surface area (Å²) >= 11 is 2.56. The van der Waals surface area contributed by atoms with Crippen LogP contribution in [0, 0.1) is 0 Å². The standard InChI is InChI=1S/C16H15N3O3S3/c20-16(10-23-8-11-4-1-2-5-12(11)16)9-17-25(21,22)14-7-3-6-13-15(14)19-24-18-13/h1-7,17,20H,8-10H2. The Morgan fingerprint density at radius 2 is 2.00 bits per heavy atom. The predicted octanol–water partition coefficient (Wildman–Crippen LogP) is 2.10. The van der Waals surface area contributed by atoms with E-state index in [1.807, 2.05) is 24.3 Å². The lowest BCUT2D eigenvalue weighted by atomic mass is 9.91. The zero-order valence-electron chi connectivity index (χ0n) is 13.0. The second-order valence-corrected chi connectivity index (χ2v) is 9.14. The van der Waals surface area contributed by atoms with Gasteiger partial charge in [0.15, 0.2) is 0 Å². The highest BCUT2D eigenvalue weighted by Crippen LogP contribution is 2.36. The fraction of sp³-hybridized carbons (Fsp3) is 0.250. The molecule has 2 aromatic carbocycles. The van der Waals surface area contributed by atoms with Crippen LogP contribution in [0.2, 0.25) is 0 Å². The molecule has 1 unspecified atom stereocenters. The second-order valence-electron chi connectivity index (χ2n) is 5.89. The number of aromatic nitrogens is 2. The van der Waals surface area contributed by atoms with E-state index in [1.165, 1.54) is 6.07 Å². The molecule has 9 heteroatoms. The molecule has 1 aliphatic rings. The molecular weight excluding hydrogens is 378 g/mol. The van der Waals surface area contributed by atoms with Crippen LogP contribution in [0.5, 0.6) is 0 Å². The van der Waals surface area contributed by atoms with Crippen molar-refractivity contribution < 1.29 is 13.5 Å². The van der Waals surface area contributed by atoms with Gasteiger partial charge in [-0.3, -0.25) is 0 Å². The van der Waals surface area contributed by atoms with Gasteiger partial charge in [0, 0.05) is 18.1 Å². The van der Waals surface area contributed by atoms with E-state index in [1.54, 1.807) is 23.9 Å². The number of rotatable bonds is 4. The zero-order chi connectivity index (χ0) is 17.5.